The Balaban J connectivity index is 2.60. The van der Waals surface area contributed by atoms with E-state index in [1.807, 2.05) is 49.4 Å². The Morgan fingerprint density at radius 2 is 2.12 bits per heavy atom. The minimum atomic E-state index is -2.17. The highest BCUT2D eigenvalue weighted by Crippen LogP contribution is 2.39. The lowest BCUT2D eigenvalue weighted by atomic mass is 10.0. The predicted molar refractivity (Wildman–Crippen MR) is 68.1 cm³/mol. The molecule has 1 heterocycles. The molecule has 2 rings (SSSR count). The van der Waals surface area contributed by atoms with Crippen molar-refractivity contribution in [3.63, 3.8) is 0 Å². The second-order valence-corrected chi connectivity index (χ2v) is 4.78. The van der Waals surface area contributed by atoms with Crippen molar-refractivity contribution in [1.82, 2.24) is 0 Å². The fourth-order valence-electron chi connectivity index (χ4n) is 1.64. The van der Waals surface area contributed by atoms with Gasteiger partial charge in [0.2, 0.25) is 0 Å². The molecular weight excluding hydrogens is 219 g/mol. The smallest absolute Gasteiger partial charge is 0.266 e. The van der Waals surface area contributed by atoms with Gasteiger partial charge in [0, 0.05) is 5.57 Å². The molecule has 0 saturated heterocycles. The first kappa shape index (κ1) is 11.0. The fourth-order valence-corrected chi connectivity index (χ4v) is 2.76. The summed E-state index contributed by atoms with van der Waals surface area (Å²) in [6.07, 6.45) is 5.78. The van der Waals surface area contributed by atoms with Crippen LogP contribution in [0.1, 0.15) is 12.5 Å². The number of rotatable bonds is 1. The molecule has 0 saturated carbocycles. The zero-order chi connectivity index (χ0) is 11.5. The Labute approximate surface area is 95.8 Å². The summed E-state index contributed by atoms with van der Waals surface area (Å²) in [7, 11) is -2.17. The van der Waals surface area contributed by atoms with E-state index in [1.54, 1.807) is 0 Å². The summed E-state index contributed by atoms with van der Waals surface area (Å²) in [4.78, 5) is 0. The van der Waals surface area contributed by atoms with Gasteiger partial charge in [0.25, 0.3) is 8.03 Å². The minimum absolute atomic E-state index is 0.487. The van der Waals surface area contributed by atoms with Gasteiger partial charge >= 0.3 is 0 Å². The number of hydrogen-bond acceptors (Lipinski definition) is 2. The van der Waals surface area contributed by atoms with E-state index < -0.39 is 8.03 Å². The van der Waals surface area contributed by atoms with E-state index in [4.69, 9.17) is 4.52 Å². The van der Waals surface area contributed by atoms with Gasteiger partial charge in [0.05, 0.1) is 5.30 Å². The highest BCUT2D eigenvalue weighted by atomic mass is 31.1. The van der Waals surface area contributed by atoms with Gasteiger partial charge in [-0.3, -0.25) is 4.57 Å². The Hall–Kier alpha value is -1.53. The van der Waals surface area contributed by atoms with Gasteiger partial charge in [-0.15, -0.1) is 0 Å². The van der Waals surface area contributed by atoms with Crippen LogP contribution in [0.3, 0.4) is 0 Å². The first-order chi connectivity index (χ1) is 7.74. The summed E-state index contributed by atoms with van der Waals surface area (Å²) in [5, 5.41) is 0.774. The van der Waals surface area contributed by atoms with Crippen molar-refractivity contribution in [1.29, 1.82) is 0 Å². The van der Waals surface area contributed by atoms with Crippen LogP contribution in [0, 0.1) is 0 Å². The summed E-state index contributed by atoms with van der Waals surface area (Å²) in [5.41, 5.74) is 1.86. The van der Waals surface area contributed by atoms with Crippen molar-refractivity contribution >= 4 is 18.9 Å². The van der Waals surface area contributed by atoms with Crippen molar-refractivity contribution in [2.75, 3.05) is 0 Å². The lowest BCUT2D eigenvalue weighted by Crippen LogP contribution is -2.12. The molecule has 1 aromatic carbocycles. The lowest BCUT2D eigenvalue weighted by Gasteiger charge is -2.21. The minimum Gasteiger partial charge on any atom is -0.442 e. The number of allylic oxidation sites excluding steroid dienone is 4. The standard InChI is InChI=1S/C13H13O2P/c1-3-4-7-11-10(2)15-16(14)13-9-6-5-8-12(11)13/h3-9,16H,2H2,1H3/b4-3-,11-7+. The molecule has 1 atom stereocenters. The molecule has 0 N–H and O–H groups in total. The van der Waals surface area contributed by atoms with Crippen molar-refractivity contribution in [3.05, 3.63) is 60.4 Å². The van der Waals surface area contributed by atoms with Gasteiger partial charge in [-0.25, -0.2) is 0 Å². The maximum absolute atomic E-state index is 11.8. The van der Waals surface area contributed by atoms with Crippen molar-refractivity contribution in [3.8, 4) is 0 Å². The van der Waals surface area contributed by atoms with Crippen molar-refractivity contribution in [2.24, 2.45) is 0 Å². The maximum Gasteiger partial charge on any atom is 0.266 e. The average molecular weight is 232 g/mol. The van der Waals surface area contributed by atoms with E-state index in [2.05, 4.69) is 6.58 Å². The summed E-state index contributed by atoms with van der Waals surface area (Å²) >= 11 is 0. The first-order valence-electron chi connectivity index (χ1n) is 5.08. The van der Waals surface area contributed by atoms with Crippen LogP contribution in [0.2, 0.25) is 0 Å². The zero-order valence-electron chi connectivity index (χ0n) is 9.07. The van der Waals surface area contributed by atoms with Crippen LogP contribution >= 0.6 is 8.03 Å². The molecule has 0 spiro atoms. The second kappa shape index (κ2) is 4.54. The Morgan fingerprint density at radius 1 is 1.38 bits per heavy atom. The van der Waals surface area contributed by atoms with E-state index in [0.29, 0.717) is 5.76 Å². The molecule has 1 aliphatic heterocycles. The molecule has 1 aliphatic rings. The molecule has 0 aliphatic carbocycles. The number of hydrogen-bond donors (Lipinski definition) is 0. The molecule has 1 aromatic rings. The van der Waals surface area contributed by atoms with Crippen LogP contribution in [0.15, 0.2) is 54.8 Å². The molecule has 0 aromatic heterocycles. The second-order valence-electron chi connectivity index (χ2n) is 3.46. The highest BCUT2D eigenvalue weighted by molar-refractivity contribution is 7.49. The number of fused-ring (bicyclic) bond motifs is 1. The summed E-state index contributed by atoms with van der Waals surface area (Å²) in [6, 6.07) is 7.58. The van der Waals surface area contributed by atoms with Crippen LogP contribution < -0.4 is 5.30 Å². The molecule has 82 valence electrons. The van der Waals surface area contributed by atoms with Gasteiger partial charge in [-0.05, 0) is 18.6 Å². The van der Waals surface area contributed by atoms with Gasteiger partial charge in [-0.2, -0.15) is 0 Å². The predicted octanol–water partition coefficient (Wildman–Crippen LogP) is 3.29. The molecular formula is C13H13O2P. The van der Waals surface area contributed by atoms with E-state index >= 15 is 0 Å². The van der Waals surface area contributed by atoms with E-state index in [9.17, 15) is 4.57 Å². The lowest BCUT2D eigenvalue weighted by molar-refractivity contribution is 0.449. The van der Waals surface area contributed by atoms with Crippen molar-refractivity contribution in [2.45, 2.75) is 6.92 Å². The molecule has 3 heteroatoms. The molecule has 16 heavy (non-hydrogen) atoms. The van der Waals surface area contributed by atoms with Crippen LogP contribution in [0.5, 0.6) is 0 Å². The highest BCUT2D eigenvalue weighted by Gasteiger charge is 2.22. The quantitative estimate of drug-likeness (QED) is 0.694. The van der Waals surface area contributed by atoms with Gasteiger partial charge in [0.15, 0.2) is 0 Å². The fraction of sp³-hybridized carbons (Fsp3) is 0.0769. The van der Waals surface area contributed by atoms with Crippen LogP contribution in [0.4, 0.5) is 0 Å². The Morgan fingerprint density at radius 3 is 2.88 bits per heavy atom. The van der Waals surface area contributed by atoms with E-state index in [1.165, 1.54) is 0 Å². The molecule has 2 nitrogen and oxygen atoms in total. The van der Waals surface area contributed by atoms with E-state index in [-0.39, 0.29) is 0 Å². The van der Waals surface area contributed by atoms with Crippen molar-refractivity contribution < 1.29 is 9.09 Å². The molecule has 0 fully saturated rings. The zero-order valence-corrected chi connectivity index (χ0v) is 10.1. The summed E-state index contributed by atoms with van der Waals surface area (Å²) < 4.78 is 17.0. The summed E-state index contributed by atoms with van der Waals surface area (Å²) in [6.45, 7) is 5.74. The Kier molecular flexibility index (Phi) is 3.12. The maximum atomic E-state index is 11.8. The first-order valence-corrected chi connectivity index (χ1v) is 6.39. The van der Waals surface area contributed by atoms with Gasteiger partial charge in [-0.1, -0.05) is 43.0 Å². The third-order valence-corrected chi connectivity index (χ3v) is 3.72. The van der Waals surface area contributed by atoms with Gasteiger partial charge in [0.1, 0.15) is 5.76 Å². The summed E-state index contributed by atoms with van der Waals surface area (Å²) in [5.74, 6) is 0.487. The topological polar surface area (TPSA) is 26.3 Å². The monoisotopic (exact) mass is 232 g/mol. The average Bonchev–Trinajstić information content (AvgIpc) is 2.29. The molecule has 0 bridgehead atoms. The molecule has 0 radical (unpaired) electrons. The molecule has 0 amide bonds. The SMILES string of the molecule is C=C1O[PH](=O)c2ccccc2/C1=C/C=C\C. The van der Waals surface area contributed by atoms with Crippen LogP contribution in [0.25, 0.3) is 5.57 Å². The Bertz CT molecular complexity index is 512. The van der Waals surface area contributed by atoms with Gasteiger partial charge < -0.3 is 4.52 Å². The van der Waals surface area contributed by atoms with E-state index in [0.717, 1.165) is 16.4 Å². The largest absolute Gasteiger partial charge is 0.442 e. The third kappa shape index (κ3) is 1.89. The normalized spacial score (nSPS) is 22.2. The van der Waals surface area contributed by atoms with Crippen LogP contribution in [-0.2, 0) is 9.09 Å². The third-order valence-electron chi connectivity index (χ3n) is 2.41. The number of benzene rings is 1. The van der Waals surface area contributed by atoms with Crippen LogP contribution in [-0.4, -0.2) is 0 Å². The molecule has 1 unspecified atom stereocenters.